The van der Waals surface area contributed by atoms with E-state index in [9.17, 15) is 13.2 Å². The van der Waals surface area contributed by atoms with E-state index in [0.717, 1.165) is 25.7 Å². The highest BCUT2D eigenvalue weighted by Crippen LogP contribution is 2.24. The molecule has 1 aromatic carbocycles. The lowest BCUT2D eigenvalue weighted by Crippen LogP contribution is -3.06. The molecule has 6 nitrogen and oxygen atoms in total. The van der Waals surface area contributed by atoms with Crippen molar-refractivity contribution < 1.29 is 18.5 Å². The number of rotatable bonds is 4. The van der Waals surface area contributed by atoms with Gasteiger partial charge in [0.05, 0.1) is 16.0 Å². The van der Waals surface area contributed by atoms with Gasteiger partial charge in [-0.1, -0.05) is 6.92 Å². The molecule has 3 rings (SSSR count). The van der Waals surface area contributed by atoms with Gasteiger partial charge in [0, 0.05) is 37.5 Å². The molecule has 0 unspecified atom stereocenters. The predicted molar refractivity (Wildman–Crippen MR) is 114 cm³/mol. The number of nitrogens with one attached hydrogen (secondary N) is 1. The second-order valence-corrected chi connectivity index (χ2v) is 12.2. The summed E-state index contributed by atoms with van der Waals surface area (Å²) in [5, 5.41) is 5.53. The third-order valence-electron chi connectivity index (χ3n) is 6.16. The van der Waals surface area contributed by atoms with Crippen LogP contribution in [0.15, 0.2) is 29.2 Å². The molecule has 0 bridgehead atoms. The minimum absolute atomic E-state index is 0.0730. The maximum absolute atomic E-state index is 12.9. The van der Waals surface area contributed by atoms with Gasteiger partial charge < -0.3 is 10.6 Å². The molecule has 0 aromatic heterocycles. The molecule has 162 valence electrons. The Kier molecular flexibility index (Phi) is 6.14. The molecular formula is C22H36N3O3S+. The predicted octanol–water partition coefficient (Wildman–Crippen LogP) is 2.12. The van der Waals surface area contributed by atoms with E-state index in [2.05, 4.69) is 45.3 Å². The van der Waals surface area contributed by atoms with Gasteiger partial charge in [-0.25, -0.2) is 8.42 Å². The van der Waals surface area contributed by atoms with Crippen LogP contribution < -0.4 is 10.6 Å². The first-order valence-electron chi connectivity index (χ1n) is 10.7. The molecule has 29 heavy (non-hydrogen) atoms. The van der Waals surface area contributed by atoms with Crippen molar-refractivity contribution in [1.82, 2.24) is 9.62 Å². The van der Waals surface area contributed by atoms with E-state index in [1.807, 2.05) is 0 Å². The Morgan fingerprint density at radius 1 is 1.03 bits per heavy atom. The zero-order chi connectivity index (χ0) is 21.4. The molecule has 2 aliphatic heterocycles. The molecule has 7 heteroatoms. The zero-order valence-corrected chi connectivity index (χ0v) is 19.2. The fraction of sp³-hybridized carbons (Fsp3) is 0.682. The van der Waals surface area contributed by atoms with Crippen molar-refractivity contribution in [3.05, 3.63) is 29.8 Å². The number of hydrogen-bond donors (Lipinski definition) is 2. The Morgan fingerprint density at radius 2 is 1.55 bits per heavy atom. The molecular weight excluding hydrogens is 386 g/mol. The highest BCUT2D eigenvalue weighted by atomic mass is 32.2. The maximum atomic E-state index is 12.9. The maximum Gasteiger partial charge on any atom is 0.251 e. The van der Waals surface area contributed by atoms with E-state index < -0.39 is 10.0 Å². The number of hydrogen-bond acceptors (Lipinski definition) is 3. The van der Waals surface area contributed by atoms with Crippen molar-refractivity contribution in [2.24, 2.45) is 5.92 Å². The molecule has 2 fully saturated rings. The molecule has 0 spiro atoms. The standard InChI is InChI=1S/C22H35N3O3S/c1-16-10-12-25(13-11-16)29(27,28)19-8-6-17(7-9-19)20(26)23-18-14-21(2,3)24-22(4,5)15-18/h6-9,16,18,24H,10-15H2,1-5H3,(H,23,26)/p+1. The Morgan fingerprint density at radius 3 is 2.07 bits per heavy atom. The number of carbonyl (C=O) groups is 1. The van der Waals surface area contributed by atoms with Gasteiger partial charge in [-0.05, 0) is 70.7 Å². The van der Waals surface area contributed by atoms with Gasteiger partial charge in [0.15, 0.2) is 0 Å². The van der Waals surface area contributed by atoms with E-state index >= 15 is 0 Å². The van der Waals surface area contributed by atoms with Crippen molar-refractivity contribution >= 4 is 15.9 Å². The van der Waals surface area contributed by atoms with Crippen LogP contribution in [-0.4, -0.2) is 48.8 Å². The number of amides is 1. The number of nitrogens with two attached hydrogens (primary N) is 1. The molecule has 1 amide bonds. The summed E-state index contributed by atoms with van der Waals surface area (Å²) >= 11 is 0. The highest BCUT2D eigenvalue weighted by molar-refractivity contribution is 7.89. The topological polar surface area (TPSA) is 83.1 Å². The zero-order valence-electron chi connectivity index (χ0n) is 18.4. The van der Waals surface area contributed by atoms with Crippen LogP contribution in [0.2, 0.25) is 0 Å². The Bertz CT molecular complexity index is 823. The van der Waals surface area contributed by atoms with Gasteiger partial charge >= 0.3 is 0 Å². The summed E-state index contributed by atoms with van der Waals surface area (Å²) in [6.45, 7) is 12.1. The van der Waals surface area contributed by atoms with Gasteiger partial charge in [0.1, 0.15) is 0 Å². The van der Waals surface area contributed by atoms with Crippen LogP contribution in [0.5, 0.6) is 0 Å². The largest absolute Gasteiger partial charge is 0.349 e. The van der Waals surface area contributed by atoms with Gasteiger partial charge in [-0.2, -0.15) is 4.31 Å². The molecule has 2 heterocycles. The van der Waals surface area contributed by atoms with Crippen molar-refractivity contribution in [3.63, 3.8) is 0 Å². The number of nitrogens with zero attached hydrogens (tertiary/aromatic N) is 1. The second kappa shape index (κ2) is 8.00. The van der Waals surface area contributed by atoms with Gasteiger partial charge in [0.25, 0.3) is 5.91 Å². The minimum Gasteiger partial charge on any atom is -0.349 e. The van der Waals surface area contributed by atoms with Crippen molar-refractivity contribution in [2.75, 3.05) is 13.1 Å². The third-order valence-corrected chi connectivity index (χ3v) is 8.07. The van der Waals surface area contributed by atoms with Crippen LogP contribution in [-0.2, 0) is 10.0 Å². The normalized spacial score (nSPS) is 23.6. The van der Waals surface area contributed by atoms with Crippen LogP contribution in [0.3, 0.4) is 0 Å². The lowest BCUT2D eigenvalue weighted by molar-refractivity contribution is -0.787. The van der Waals surface area contributed by atoms with Crippen LogP contribution >= 0.6 is 0 Å². The lowest BCUT2D eigenvalue weighted by atomic mass is 9.79. The summed E-state index contributed by atoms with van der Waals surface area (Å²) in [6, 6.07) is 6.48. The van der Waals surface area contributed by atoms with E-state index in [-0.39, 0.29) is 27.9 Å². The first-order chi connectivity index (χ1) is 13.4. The molecule has 2 saturated heterocycles. The Balaban J connectivity index is 1.67. The summed E-state index contributed by atoms with van der Waals surface area (Å²) in [5.41, 5.74) is 0.647. The smallest absolute Gasteiger partial charge is 0.251 e. The number of sulfonamides is 1. The Labute approximate surface area is 175 Å². The molecule has 0 aliphatic carbocycles. The summed E-state index contributed by atoms with van der Waals surface area (Å²) in [7, 11) is -3.49. The lowest BCUT2D eigenvalue weighted by Gasteiger charge is -2.43. The van der Waals surface area contributed by atoms with E-state index in [4.69, 9.17) is 0 Å². The van der Waals surface area contributed by atoms with Crippen LogP contribution in [0.4, 0.5) is 0 Å². The fourth-order valence-corrected chi connectivity index (χ4v) is 6.51. The van der Waals surface area contributed by atoms with Crippen LogP contribution in [0, 0.1) is 5.92 Å². The number of piperidine rings is 2. The monoisotopic (exact) mass is 422 g/mol. The average molecular weight is 423 g/mol. The number of carbonyl (C=O) groups excluding carboxylic acids is 1. The summed E-state index contributed by atoms with van der Waals surface area (Å²) in [4.78, 5) is 13.0. The second-order valence-electron chi connectivity index (χ2n) is 10.3. The fourth-order valence-electron chi connectivity index (χ4n) is 5.04. The van der Waals surface area contributed by atoms with Crippen LogP contribution in [0.1, 0.15) is 70.7 Å². The molecule has 2 aliphatic rings. The molecule has 0 radical (unpaired) electrons. The van der Waals surface area contributed by atoms with Gasteiger partial charge in [0.2, 0.25) is 10.0 Å². The molecule has 0 atom stereocenters. The third kappa shape index (κ3) is 5.38. The number of quaternary nitrogens is 1. The summed E-state index contributed by atoms with van der Waals surface area (Å²) in [6.07, 6.45) is 3.60. The molecule has 3 N–H and O–H groups in total. The van der Waals surface area contributed by atoms with E-state index in [1.54, 1.807) is 28.6 Å². The Hall–Kier alpha value is -1.44. The quantitative estimate of drug-likeness (QED) is 0.780. The van der Waals surface area contributed by atoms with Crippen molar-refractivity contribution in [2.45, 2.75) is 82.3 Å². The SMILES string of the molecule is CC1CCN(S(=O)(=O)c2ccc(C(=O)NC3CC(C)(C)[NH2+]C(C)(C)C3)cc2)CC1. The summed E-state index contributed by atoms with van der Waals surface area (Å²) in [5.74, 6) is 0.430. The van der Waals surface area contributed by atoms with Crippen LogP contribution in [0.25, 0.3) is 0 Å². The highest BCUT2D eigenvalue weighted by Gasteiger charge is 2.42. The minimum atomic E-state index is -3.49. The average Bonchev–Trinajstić information content (AvgIpc) is 2.59. The van der Waals surface area contributed by atoms with Crippen molar-refractivity contribution in [3.8, 4) is 0 Å². The number of benzene rings is 1. The van der Waals surface area contributed by atoms with E-state index in [0.29, 0.717) is 24.6 Å². The first kappa shape index (κ1) is 22.2. The van der Waals surface area contributed by atoms with E-state index in [1.165, 1.54) is 0 Å². The van der Waals surface area contributed by atoms with Gasteiger partial charge in [-0.3, -0.25) is 4.79 Å². The summed E-state index contributed by atoms with van der Waals surface area (Å²) < 4.78 is 27.3. The van der Waals surface area contributed by atoms with Gasteiger partial charge in [-0.15, -0.1) is 0 Å². The van der Waals surface area contributed by atoms with Crippen molar-refractivity contribution in [1.29, 1.82) is 0 Å². The first-order valence-corrected chi connectivity index (χ1v) is 12.1. The molecule has 1 aromatic rings. The molecule has 0 saturated carbocycles.